The first-order valence-electron chi connectivity index (χ1n) is 10.4. The third kappa shape index (κ3) is 3.19. The molecule has 0 amide bonds. The maximum absolute atomic E-state index is 5.75. The molecule has 2 aromatic heterocycles. The van der Waals surface area contributed by atoms with Crippen molar-refractivity contribution in [3.8, 4) is 11.1 Å². The van der Waals surface area contributed by atoms with Gasteiger partial charge in [0.2, 0.25) is 11.8 Å². The first-order valence-corrected chi connectivity index (χ1v) is 10.4. The Balaban J connectivity index is 1.42. The Hall–Kier alpha value is -2.80. The molecule has 7 nitrogen and oxygen atoms in total. The van der Waals surface area contributed by atoms with E-state index in [2.05, 4.69) is 51.3 Å². The molecule has 29 heavy (non-hydrogen) atoms. The number of rotatable bonds is 4. The highest BCUT2D eigenvalue weighted by Crippen LogP contribution is 2.48. The molecule has 1 unspecified atom stereocenters. The van der Waals surface area contributed by atoms with Gasteiger partial charge >= 0.3 is 0 Å². The Labute approximate surface area is 170 Å². The smallest absolute Gasteiger partial charge is 0.244 e. The van der Waals surface area contributed by atoms with Crippen molar-refractivity contribution in [2.75, 3.05) is 19.3 Å². The number of hydrogen-bond donors (Lipinski definition) is 1. The van der Waals surface area contributed by atoms with E-state index < -0.39 is 0 Å². The summed E-state index contributed by atoms with van der Waals surface area (Å²) in [5.41, 5.74) is 8.73. The number of benzene rings is 1. The minimum atomic E-state index is -0.134. The minimum Gasteiger partial charge on any atom is -0.368 e. The zero-order chi connectivity index (χ0) is 19.8. The van der Waals surface area contributed by atoms with E-state index in [1.807, 2.05) is 0 Å². The number of nitrogen functional groups attached to an aromatic ring is 1. The van der Waals surface area contributed by atoms with Crippen LogP contribution < -0.4 is 5.73 Å². The van der Waals surface area contributed by atoms with Gasteiger partial charge in [0.1, 0.15) is 0 Å². The number of anilines is 1. The van der Waals surface area contributed by atoms with Gasteiger partial charge in [0.05, 0.1) is 11.5 Å². The van der Waals surface area contributed by atoms with Crippen molar-refractivity contribution < 1.29 is 4.52 Å². The number of aromatic nitrogens is 4. The molecule has 2 N–H and O–H groups in total. The maximum Gasteiger partial charge on any atom is 0.244 e. The van der Waals surface area contributed by atoms with E-state index in [1.54, 1.807) is 12.4 Å². The van der Waals surface area contributed by atoms with E-state index >= 15 is 0 Å². The van der Waals surface area contributed by atoms with E-state index in [-0.39, 0.29) is 17.4 Å². The van der Waals surface area contributed by atoms with Crippen LogP contribution in [0.3, 0.4) is 0 Å². The Morgan fingerprint density at radius 1 is 1.03 bits per heavy atom. The molecule has 1 saturated heterocycles. The summed E-state index contributed by atoms with van der Waals surface area (Å²) >= 11 is 0. The standard InChI is InChI=1S/C22H26N6O/c1-28-12-3-2-5-18(28)19-26-20(27-29-19)22(10-4-11-22)17-8-6-15(7-9-17)16-13-24-21(23)25-14-16/h6-9,13-14,18H,2-5,10-12H2,1H3,(H2,23,24,25). The van der Waals surface area contributed by atoms with Gasteiger partial charge in [-0.1, -0.05) is 42.3 Å². The van der Waals surface area contributed by atoms with E-state index in [4.69, 9.17) is 15.2 Å². The van der Waals surface area contributed by atoms with Gasteiger partial charge in [-0.25, -0.2) is 9.97 Å². The van der Waals surface area contributed by atoms with Crippen molar-refractivity contribution in [2.24, 2.45) is 0 Å². The van der Waals surface area contributed by atoms with Gasteiger partial charge in [-0.3, -0.25) is 4.90 Å². The molecule has 0 spiro atoms. The second-order valence-electron chi connectivity index (χ2n) is 8.29. The number of likely N-dealkylation sites (tertiary alicyclic amines) is 1. The van der Waals surface area contributed by atoms with Crippen LogP contribution in [-0.4, -0.2) is 38.6 Å². The predicted octanol–water partition coefficient (Wildman–Crippen LogP) is 3.74. The fraction of sp³-hybridized carbons (Fsp3) is 0.455. The Morgan fingerprint density at radius 3 is 2.45 bits per heavy atom. The molecular formula is C22H26N6O. The van der Waals surface area contributed by atoms with Crippen LogP contribution in [0.5, 0.6) is 0 Å². The van der Waals surface area contributed by atoms with Crippen LogP contribution in [0, 0.1) is 0 Å². The van der Waals surface area contributed by atoms with E-state index in [0.717, 1.165) is 48.6 Å². The molecule has 150 valence electrons. The highest BCUT2D eigenvalue weighted by Gasteiger charge is 2.45. The molecule has 5 rings (SSSR count). The largest absolute Gasteiger partial charge is 0.368 e. The van der Waals surface area contributed by atoms with Crippen molar-refractivity contribution >= 4 is 5.95 Å². The van der Waals surface area contributed by atoms with E-state index in [1.165, 1.54) is 24.8 Å². The van der Waals surface area contributed by atoms with Crippen LogP contribution in [0.4, 0.5) is 5.95 Å². The van der Waals surface area contributed by atoms with Crippen molar-refractivity contribution in [1.82, 2.24) is 25.0 Å². The number of nitrogens with zero attached hydrogens (tertiary/aromatic N) is 5. The summed E-state index contributed by atoms with van der Waals surface area (Å²) in [4.78, 5) is 15.4. The predicted molar refractivity (Wildman–Crippen MR) is 110 cm³/mol. The molecule has 1 saturated carbocycles. The molecule has 7 heteroatoms. The van der Waals surface area contributed by atoms with Crippen molar-refractivity contribution in [3.05, 3.63) is 53.9 Å². The summed E-state index contributed by atoms with van der Waals surface area (Å²) in [6, 6.07) is 8.82. The summed E-state index contributed by atoms with van der Waals surface area (Å²) in [5.74, 6) is 1.89. The molecule has 1 aliphatic carbocycles. The van der Waals surface area contributed by atoms with Gasteiger partial charge in [0.25, 0.3) is 0 Å². The second kappa shape index (κ2) is 7.22. The summed E-state index contributed by atoms with van der Waals surface area (Å²) in [7, 11) is 2.15. The van der Waals surface area contributed by atoms with Crippen molar-refractivity contribution in [1.29, 1.82) is 0 Å². The van der Waals surface area contributed by atoms with Crippen LogP contribution in [0.1, 0.15) is 61.8 Å². The lowest BCUT2D eigenvalue weighted by Gasteiger charge is -2.39. The normalized spacial score (nSPS) is 21.6. The lowest BCUT2D eigenvalue weighted by Crippen LogP contribution is -2.37. The van der Waals surface area contributed by atoms with Gasteiger partial charge in [0, 0.05) is 18.0 Å². The average molecular weight is 390 g/mol. The number of piperidine rings is 1. The first kappa shape index (κ1) is 18.2. The summed E-state index contributed by atoms with van der Waals surface area (Å²) in [5, 5.41) is 4.44. The number of hydrogen-bond acceptors (Lipinski definition) is 7. The Bertz CT molecular complexity index is 977. The third-order valence-corrected chi connectivity index (χ3v) is 6.58. The second-order valence-corrected chi connectivity index (χ2v) is 8.29. The molecular weight excluding hydrogens is 364 g/mol. The molecule has 1 atom stereocenters. The Kier molecular flexibility index (Phi) is 4.54. The zero-order valence-corrected chi connectivity index (χ0v) is 16.7. The SMILES string of the molecule is CN1CCCCC1c1nc(C2(c3ccc(-c4cnc(N)nc4)cc3)CCC2)no1. The van der Waals surface area contributed by atoms with Gasteiger partial charge in [-0.05, 0) is 50.4 Å². The molecule has 3 heterocycles. The maximum atomic E-state index is 5.75. The topological polar surface area (TPSA) is 94.0 Å². The highest BCUT2D eigenvalue weighted by molar-refractivity contribution is 5.62. The van der Waals surface area contributed by atoms with Crippen LogP contribution >= 0.6 is 0 Å². The highest BCUT2D eigenvalue weighted by atomic mass is 16.5. The average Bonchev–Trinajstić information content (AvgIpc) is 3.19. The quantitative estimate of drug-likeness (QED) is 0.725. The molecule has 3 aromatic rings. The first-order chi connectivity index (χ1) is 14.2. The lowest BCUT2D eigenvalue weighted by atomic mass is 9.64. The number of nitrogens with two attached hydrogens (primary N) is 1. The summed E-state index contributed by atoms with van der Waals surface area (Å²) < 4.78 is 5.75. The molecule has 0 bridgehead atoms. The van der Waals surface area contributed by atoms with Gasteiger partial charge in [0.15, 0.2) is 5.82 Å². The summed E-state index contributed by atoms with van der Waals surface area (Å²) in [6.45, 7) is 1.09. The van der Waals surface area contributed by atoms with Crippen molar-refractivity contribution in [2.45, 2.75) is 50.0 Å². The lowest BCUT2D eigenvalue weighted by molar-refractivity contribution is 0.150. The van der Waals surface area contributed by atoms with Gasteiger partial charge in [-0.15, -0.1) is 0 Å². The summed E-state index contributed by atoms with van der Waals surface area (Å²) in [6.07, 6.45) is 10.3. The fourth-order valence-corrected chi connectivity index (χ4v) is 4.59. The van der Waals surface area contributed by atoms with Gasteiger partial charge in [-0.2, -0.15) is 4.98 Å². The van der Waals surface area contributed by atoms with Crippen molar-refractivity contribution in [3.63, 3.8) is 0 Å². The minimum absolute atomic E-state index is 0.134. The van der Waals surface area contributed by atoms with Crippen LogP contribution in [0.15, 0.2) is 41.2 Å². The van der Waals surface area contributed by atoms with E-state index in [0.29, 0.717) is 0 Å². The molecule has 1 aromatic carbocycles. The molecule has 2 fully saturated rings. The van der Waals surface area contributed by atoms with Crippen LogP contribution in [-0.2, 0) is 5.41 Å². The Morgan fingerprint density at radius 2 is 1.79 bits per heavy atom. The molecule has 1 aliphatic heterocycles. The fourth-order valence-electron chi connectivity index (χ4n) is 4.59. The van der Waals surface area contributed by atoms with Gasteiger partial charge < -0.3 is 10.3 Å². The van der Waals surface area contributed by atoms with E-state index in [9.17, 15) is 0 Å². The van der Waals surface area contributed by atoms with Crippen LogP contribution in [0.25, 0.3) is 11.1 Å². The molecule has 2 aliphatic rings. The molecule has 0 radical (unpaired) electrons. The zero-order valence-electron chi connectivity index (χ0n) is 16.7. The third-order valence-electron chi connectivity index (χ3n) is 6.58. The monoisotopic (exact) mass is 390 g/mol. The van der Waals surface area contributed by atoms with Crippen LogP contribution in [0.2, 0.25) is 0 Å².